The van der Waals surface area contributed by atoms with E-state index >= 15 is 0 Å². The zero-order chi connectivity index (χ0) is 17.5. The number of hydrazine groups is 1. The van der Waals surface area contributed by atoms with Gasteiger partial charge in [-0.3, -0.25) is 4.98 Å². The van der Waals surface area contributed by atoms with Crippen LogP contribution in [0.5, 0.6) is 0 Å². The Morgan fingerprint density at radius 2 is 1.32 bits per heavy atom. The maximum Gasteiger partial charge on any atom is 0.222 e. The number of nitrogens with one attached hydrogen (secondary N) is 1. The summed E-state index contributed by atoms with van der Waals surface area (Å²) >= 11 is 0. The molecule has 5 N–H and O–H groups in total. The van der Waals surface area contributed by atoms with Crippen LogP contribution in [-0.2, 0) is 0 Å². The summed E-state index contributed by atoms with van der Waals surface area (Å²) in [6.07, 6.45) is 3.42. The molecule has 0 spiro atoms. The highest BCUT2D eigenvalue weighted by Crippen LogP contribution is 2.35. The van der Waals surface area contributed by atoms with Gasteiger partial charge in [0.15, 0.2) is 5.82 Å². The van der Waals surface area contributed by atoms with Crippen LogP contribution in [0.1, 0.15) is 0 Å². The van der Waals surface area contributed by atoms with E-state index in [0.717, 1.165) is 16.7 Å². The van der Waals surface area contributed by atoms with Gasteiger partial charge in [-0.1, -0.05) is 54.6 Å². The number of hydrogen-bond donors (Lipinski definition) is 3. The Hall–Kier alpha value is -3.51. The predicted molar refractivity (Wildman–Crippen MR) is 101 cm³/mol. The second kappa shape index (κ2) is 7.85. The third-order valence-corrected chi connectivity index (χ3v) is 3.52. The highest BCUT2D eigenvalue weighted by Gasteiger charge is 2.16. The van der Waals surface area contributed by atoms with Gasteiger partial charge >= 0.3 is 0 Å². The van der Waals surface area contributed by atoms with E-state index in [2.05, 4.69) is 20.4 Å². The summed E-state index contributed by atoms with van der Waals surface area (Å²) < 4.78 is 0. The van der Waals surface area contributed by atoms with E-state index in [0.29, 0.717) is 11.5 Å². The van der Waals surface area contributed by atoms with Crippen molar-refractivity contribution >= 4 is 11.8 Å². The van der Waals surface area contributed by atoms with Crippen LogP contribution >= 0.6 is 0 Å². The van der Waals surface area contributed by atoms with Crippen molar-refractivity contribution in [1.82, 2.24) is 15.0 Å². The zero-order valence-electron chi connectivity index (χ0n) is 13.5. The summed E-state index contributed by atoms with van der Waals surface area (Å²) in [7, 11) is 0. The SMILES string of the molecule is NNc1nc(N)nc(-c2ccccccccc2)c1-c1ccncc1. The maximum atomic E-state index is 5.89. The lowest BCUT2D eigenvalue weighted by Gasteiger charge is -2.13. The first-order valence-electron chi connectivity index (χ1n) is 7.73. The predicted octanol–water partition coefficient (Wildman–Crippen LogP) is 3.20. The summed E-state index contributed by atoms with van der Waals surface area (Å²) in [5.41, 5.74) is 11.7. The van der Waals surface area contributed by atoms with Crippen molar-refractivity contribution in [1.29, 1.82) is 0 Å². The van der Waals surface area contributed by atoms with Gasteiger partial charge in [-0.15, -0.1) is 0 Å². The average Bonchev–Trinajstić information content (AvgIpc) is 2.66. The van der Waals surface area contributed by atoms with Gasteiger partial charge in [0, 0.05) is 18.0 Å². The first-order chi connectivity index (χ1) is 12.3. The summed E-state index contributed by atoms with van der Waals surface area (Å²) in [6.45, 7) is 0. The lowest BCUT2D eigenvalue weighted by atomic mass is 10.0. The number of pyridine rings is 1. The Morgan fingerprint density at radius 3 is 1.92 bits per heavy atom. The number of anilines is 2. The van der Waals surface area contributed by atoms with E-state index in [1.54, 1.807) is 12.4 Å². The molecule has 6 heteroatoms. The molecular weight excluding hydrogens is 312 g/mol. The number of nitrogen functional groups attached to an aromatic ring is 2. The van der Waals surface area contributed by atoms with Gasteiger partial charge in [0.25, 0.3) is 0 Å². The molecular formula is C19H18N6. The number of nitrogens with two attached hydrogens (primary N) is 2. The molecule has 0 saturated heterocycles. The second-order valence-electron chi connectivity index (χ2n) is 5.17. The van der Waals surface area contributed by atoms with Crippen molar-refractivity contribution in [3.8, 4) is 22.4 Å². The van der Waals surface area contributed by atoms with Crippen molar-refractivity contribution in [2.45, 2.75) is 0 Å². The molecule has 0 fully saturated rings. The molecule has 0 radical (unpaired) electrons. The van der Waals surface area contributed by atoms with Gasteiger partial charge in [-0.25, -0.2) is 10.8 Å². The molecule has 0 saturated carbocycles. The van der Waals surface area contributed by atoms with Crippen molar-refractivity contribution in [2.24, 2.45) is 5.84 Å². The summed E-state index contributed by atoms with van der Waals surface area (Å²) in [6, 6.07) is 21.3. The molecule has 0 unspecified atom stereocenters. The lowest BCUT2D eigenvalue weighted by Crippen LogP contribution is -2.13. The van der Waals surface area contributed by atoms with Crippen LogP contribution in [0.15, 0.2) is 79.1 Å². The van der Waals surface area contributed by atoms with Crippen LogP contribution in [0.25, 0.3) is 22.4 Å². The Morgan fingerprint density at radius 1 is 0.720 bits per heavy atom. The van der Waals surface area contributed by atoms with Gasteiger partial charge < -0.3 is 11.2 Å². The number of aromatic nitrogens is 3. The fourth-order valence-corrected chi connectivity index (χ4v) is 2.44. The third kappa shape index (κ3) is 3.88. The molecule has 0 amide bonds. The minimum absolute atomic E-state index is 0.145. The quantitative estimate of drug-likeness (QED) is 0.503. The van der Waals surface area contributed by atoms with E-state index in [4.69, 9.17) is 11.6 Å². The zero-order valence-corrected chi connectivity index (χ0v) is 13.5. The summed E-state index contributed by atoms with van der Waals surface area (Å²) in [5, 5.41) is 0. The summed E-state index contributed by atoms with van der Waals surface area (Å²) in [4.78, 5) is 12.7. The van der Waals surface area contributed by atoms with E-state index in [-0.39, 0.29) is 5.95 Å². The van der Waals surface area contributed by atoms with E-state index < -0.39 is 0 Å². The van der Waals surface area contributed by atoms with Crippen molar-refractivity contribution in [2.75, 3.05) is 11.2 Å². The van der Waals surface area contributed by atoms with Crippen molar-refractivity contribution < 1.29 is 0 Å². The molecule has 6 nitrogen and oxygen atoms in total. The van der Waals surface area contributed by atoms with Crippen LogP contribution in [-0.4, -0.2) is 15.0 Å². The van der Waals surface area contributed by atoms with Gasteiger partial charge in [0.1, 0.15) is 0 Å². The second-order valence-corrected chi connectivity index (χ2v) is 5.17. The van der Waals surface area contributed by atoms with E-state index in [1.807, 2.05) is 66.7 Å². The van der Waals surface area contributed by atoms with Gasteiger partial charge in [-0.2, -0.15) is 4.98 Å². The standard InChI is InChI=1S/C19H18N6/c20-19-23-17(15-8-6-4-2-1-3-5-7-9-15)16(18(24-19)25-21)14-10-12-22-13-11-14/h1-13H,21H2,(H3,20,23,24,25). The minimum atomic E-state index is 0.145. The normalized spacial score (nSPS) is 9.96. The molecule has 0 aliphatic heterocycles. The van der Waals surface area contributed by atoms with Gasteiger partial charge in [-0.05, 0) is 17.7 Å². The topological polar surface area (TPSA) is 103 Å². The van der Waals surface area contributed by atoms with Crippen molar-refractivity contribution in [3.63, 3.8) is 0 Å². The fraction of sp³-hybridized carbons (Fsp3) is 0. The third-order valence-electron chi connectivity index (χ3n) is 3.52. The Labute approximate surface area is 145 Å². The summed E-state index contributed by atoms with van der Waals surface area (Å²) in [5.74, 6) is 6.28. The van der Waals surface area contributed by atoms with Crippen LogP contribution in [0.4, 0.5) is 11.8 Å². The first kappa shape index (κ1) is 16.4. The maximum absolute atomic E-state index is 5.89. The molecule has 0 atom stereocenters. The van der Waals surface area contributed by atoms with Crippen LogP contribution in [0.2, 0.25) is 0 Å². The average molecular weight is 330 g/mol. The van der Waals surface area contributed by atoms with Crippen molar-refractivity contribution in [3.05, 3.63) is 79.1 Å². The Balaban J connectivity index is 2.31. The molecule has 1 aromatic carbocycles. The van der Waals surface area contributed by atoms with Gasteiger partial charge in [0.2, 0.25) is 5.95 Å². The molecule has 2 heterocycles. The molecule has 25 heavy (non-hydrogen) atoms. The number of rotatable bonds is 3. The Kier molecular flexibility index (Phi) is 5.13. The highest BCUT2D eigenvalue weighted by atomic mass is 15.3. The van der Waals surface area contributed by atoms with E-state index in [9.17, 15) is 0 Å². The first-order valence-corrected chi connectivity index (χ1v) is 7.73. The smallest absolute Gasteiger partial charge is 0.222 e. The molecule has 2 aromatic heterocycles. The van der Waals surface area contributed by atoms with Crippen LogP contribution in [0.3, 0.4) is 0 Å². The van der Waals surface area contributed by atoms with Crippen LogP contribution < -0.4 is 17.0 Å². The fourth-order valence-electron chi connectivity index (χ4n) is 2.44. The minimum Gasteiger partial charge on any atom is -0.368 e. The molecule has 124 valence electrons. The molecule has 0 bridgehead atoms. The number of nitrogens with zero attached hydrogens (tertiary/aromatic N) is 3. The van der Waals surface area contributed by atoms with Crippen LogP contribution in [0, 0.1) is 0 Å². The van der Waals surface area contributed by atoms with E-state index in [1.165, 1.54) is 0 Å². The highest BCUT2D eigenvalue weighted by molar-refractivity contribution is 5.88. The number of hydrogen-bond acceptors (Lipinski definition) is 6. The Bertz CT molecular complexity index is 885. The molecule has 0 aliphatic carbocycles. The molecule has 3 rings (SSSR count). The monoisotopic (exact) mass is 330 g/mol. The molecule has 0 aliphatic rings. The lowest BCUT2D eigenvalue weighted by molar-refractivity contribution is 1.16. The van der Waals surface area contributed by atoms with Gasteiger partial charge in [0.05, 0.1) is 11.3 Å². The molecule has 3 aromatic rings. The largest absolute Gasteiger partial charge is 0.368 e.